The van der Waals surface area contributed by atoms with Crippen LogP contribution in [-0.4, -0.2) is 14.8 Å². The number of rotatable bonds is 2. The van der Waals surface area contributed by atoms with Crippen LogP contribution >= 0.6 is 0 Å². The van der Waals surface area contributed by atoms with Crippen molar-refractivity contribution >= 4 is 0 Å². The molecular weight excluding hydrogens is 204 g/mol. The van der Waals surface area contributed by atoms with Gasteiger partial charge in [0.2, 0.25) is 0 Å². The number of aromatic amines is 1. The maximum Gasteiger partial charge on any atom is 0.347 e. The van der Waals surface area contributed by atoms with E-state index in [0.29, 0.717) is 5.82 Å². The number of hydrogen-bond acceptors (Lipinski definition) is 3. The Morgan fingerprint density at radius 1 is 1.31 bits per heavy atom. The van der Waals surface area contributed by atoms with E-state index >= 15 is 0 Å². The van der Waals surface area contributed by atoms with Gasteiger partial charge in [0.25, 0.3) is 0 Å². The second-order valence-corrected chi connectivity index (χ2v) is 4.25. The first-order valence-corrected chi connectivity index (χ1v) is 5.02. The first-order valence-electron chi connectivity index (χ1n) is 5.02. The molecule has 0 bridgehead atoms. The Kier molecular flexibility index (Phi) is 2.40. The third kappa shape index (κ3) is 1.77. The molecule has 5 nitrogen and oxygen atoms in total. The number of para-hydroxylation sites is 1. The molecular formula is C11H14N4O. The van der Waals surface area contributed by atoms with Gasteiger partial charge in [0.15, 0.2) is 5.82 Å². The van der Waals surface area contributed by atoms with E-state index in [-0.39, 0.29) is 5.69 Å². The number of benzene rings is 1. The van der Waals surface area contributed by atoms with Crippen LogP contribution in [0, 0.1) is 0 Å². The summed E-state index contributed by atoms with van der Waals surface area (Å²) in [6.45, 7) is 3.62. The number of nitrogens with zero attached hydrogens (tertiary/aromatic N) is 2. The van der Waals surface area contributed by atoms with Crippen molar-refractivity contribution in [3.05, 3.63) is 46.6 Å². The molecule has 16 heavy (non-hydrogen) atoms. The Hall–Kier alpha value is -1.88. The summed E-state index contributed by atoms with van der Waals surface area (Å²) in [5, 5.41) is 6.38. The lowest BCUT2D eigenvalue weighted by molar-refractivity contribution is 0.502. The van der Waals surface area contributed by atoms with Crippen molar-refractivity contribution in [2.24, 2.45) is 5.73 Å². The molecule has 0 radical (unpaired) electrons. The summed E-state index contributed by atoms with van der Waals surface area (Å²) in [6, 6.07) is 9.30. The van der Waals surface area contributed by atoms with Crippen molar-refractivity contribution in [2.45, 2.75) is 19.4 Å². The molecule has 0 spiro atoms. The van der Waals surface area contributed by atoms with Gasteiger partial charge in [0.1, 0.15) is 0 Å². The molecule has 0 saturated heterocycles. The SMILES string of the molecule is CC(C)(N)c1n[nH]c(=O)n1-c1ccccc1. The molecule has 0 saturated carbocycles. The zero-order valence-electron chi connectivity index (χ0n) is 9.27. The molecule has 1 aromatic heterocycles. The minimum absolute atomic E-state index is 0.278. The van der Waals surface area contributed by atoms with E-state index < -0.39 is 5.54 Å². The summed E-state index contributed by atoms with van der Waals surface area (Å²) in [4.78, 5) is 11.7. The topological polar surface area (TPSA) is 76.7 Å². The largest absolute Gasteiger partial charge is 0.347 e. The van der Waals surface area contributed by atoms with Crippen molar-refractivity contribution in [1.29, 1.82) is 0 Å². The van der Waals surface area contributed by atoms with Gasteiger partial charge in [-0.05, 0) is 26.0 Å². The molecule has 1 heterocycles. The van der Waals surface area contributed by atoms with Gasteiger partial charge in [0.05, 0.1) is 11.2 Å². The predicted octanol–water partition coefficient (Wildman–Crippen LogP) is 0.754. The van der Waals surface area contributed by atoms with Gasteiger partial charge >= 0.3 is 5.69 Å². The quantitative estimate of drug-likeness (QED) is 0.781. The molecule has 0 aliphatic rings. The number of H-pyrrole nitrogens is 1. The summed E-state index contributed by atoms with van der Waals surface area (Å²) in [7, 11) is 0. The molecule has 0 fully saturated rings. The Balaban J connectivity index is 2.66. The van der Waals surface area contributed by atoms with Crippen molar-refractivity contribution in [2.75, 3.05) is 0 Å². The molecule has 0 aliphatic carbocycles. The molecule has 2 rings (SSSR count). The van der Waals surface area contributed by atoms with E-state index in [0.717, 1.165) is 5.69 Å². The molecule has 0 unspecified atom stereocenters. The van der Waals surface area contributed by atoms with Crippen molar-refractivity contribution in [3.63, 3.8) is 0 Å². The Bertz CT molecular complexity index is 533. The molecule has 5 heteroatoms. The number of hydrogen-bond donors (Lipinski definition) is 2. The first kappa shape index (κ1) is 10.6. The van der Waals surface area contributed by atoms with Crippen LogP contribution in [0.4, 0.5) is 0 Å². The average molecular weight is 218 g/mol. The van der Waals surface area contributed by atoms with E-state index in [1.54, 1.807) is 0 Å². The fourth-order valence-electron chi connectivity index (χ4n) is 1.55. The fourth-order valence-corrected chi connectivity index (χ4v) is 1.55. The first-order chi connectivity index (χ1) is 7.50. The highest BCUT2D eigenvalue weighted by molar-refractivity contribution is 5.33. The lowest BCUT2D eigenvalue weighted by atomic mass is 10.1. The zero-order valence-corrected chi connectivity index (χ0v) is 9.27. The number of aromatic nitrogens is 3. The third-order valence-electron chi connectivity index (χ3n) is 2.26. The van der Waals surface area contributed by atoms with Gasteiger partial charge in [-0.2, -0.15) is 5.10 Å². The molecule has 84 valence electrons. The van der Waals surface area contributed by atoms with Gasteiger partial charge < -0.3 is 5.73 Å². The molecule has 0 atom stereocenters. The van der Waals surface area contributed by atoms with Crippen LogP contribution < -0.4 is 11.4 Å². The van der Waals surface area contributed by atoms with E-state index in [4.69, 9.17) is 5.73 Å². The molecule has 0 aliphatic heterocycles. The summed E-state index contributed by atoms with van der Waals surface area (Å²) >= 11 is 0. The van der Waals surface area contributed by atoms with Crippen molar-refractivity contribution < 1.29 is 0 Å². The van der Waals surface area contributed by atoms with Crippen LogP contribution in [-0.2, 0) is 5.54 Å². The monoisotopic (exact) mass is 218 g/mol. The molecule has 1 aromatic carbocycles. The number of nitrogens with two attached hydrogens (primary N) is 1. The lowest BCUT2D eigenvalue weighted by Crippen LogP contribution is -2.34. The highest BCUT2D eigenvalue weighted by Crippen LogP contribution is 2.15. The second kappa shape index (κ2) is 3.61. The van der Waals surface area contributed by atoms with E-state index in [2.05, 4.69) is 10.2 Å². The van der Waals surface area contributed by atoms with E-state index in [1.165, 1.54) is 4.57 Å². The minimum Gasteiger partial charge on any atom is -0.319 e. The van der Waals surface area contributed by atoms with Crippen LogP contribution in [0.2, 0.25) is 0 Å². The average Bonchev–Trinajstić information content (AvgIpc) is 2.61. The van der Waals surface area contributed by atoms with Gasteiger partial charge in [0, 0.05) is 0 Å². The van der Waals surface area contributed by atoms with Crippen LogP contribution in [0.5, 0.6) is 0 Å². The number of nitrogens with one attached hydrogen (secondary N) is 1. The van der Waals surface area contributed by atoms with Crippen LogP contribution in [0.1, 0.15) is 19.7 Å². The van der Waals surface area contributed by atoms with Gasteiger partial charge in [-0.3, -0.25) is 0 Å². The van der Waals surface area contributed by atoms with E-state index in [9.17, 15) is 4.79 Å². The highest BCUT2D eigenvalue weighted by Gasteiger charge is 2.23. The van der Waals surface area contributed by atoms with E-state index in [1.807, 2.05) is 44.2 Å². The maximum atomic E-state index is 11.7. The second-order valence-electron chi connectivity index (χ2n) is 4.25. The lowest BCUT2D eigenvalue weighted by Gasteiger charge is -2.18. The van der Waals surface area contributed by atoms with Gasteiger partial charge in [-0.1, -0.05) is 18.2 Å². The summed E-state index contributed by atoms with van der Waals surface area (Å²) in [5.41, 5.74) is 5.78. The summed E-state index contributed by atoms with van der Waals surface area (Å²) in [5.74, 6) is 0.517. The predicted molar refractivity (Wildman–Crippen MR) is 61.4 cm³/mol. The maximum absolute atomic E-state index is 11.7. The normalized spacial score (nSPS) is 11.7. The summed E-state index contributed by atoms with van der Waals surface area (Å²) in [6.07, 6.45) is 0. The highest BCUT2D eigenvalue weighted by atomic mass is 16.1. The standard InChI is InChI=1S/C11H14N4O/c1-11(2,12)9-13-14-10(16)15(9)8-6-4-3-5-7-8/h3-7H,12H2,1-2H3,(H,14,16). The fraction of sp³-hybridized carbons (Fsp3) is 0.273. The third-order valence-corrected chi connectivity index (χ3v) is 2.26. The Labute approximate surface area is 92.9 Å². The minimum atomic E-state index is -0.672. The molecule has 2 aromatic rings. The summed E-state index contributed by atoms with van der Waals surface area (Å²) < 4.78 is 1.49. The zero-order chi connectivity index (χ0) is 11.8. The molecule has 3 N–H and O–H groups in total. The van der Waals surface area contributed by atoms with Crippen molar-refractivity contribution in [1.82, 2.24) is 14.8 Å². The van der Waals surface area contributed by atoms with Crippen LogP contribution in [0.25, 0.3) is 5.69 Å². The Morgan fingerprint density at radius 3 is 2.50 bits per heavy atom. The van der Waals surface area contributed by atoms with Crippen LogP contribution in [0.15, 0.2) is 35.1 Å². The molecule has 0 amide bonds. The smallest absolute Gasteiger partial charge is 0.319 e. The van der Waals surface area contributed by atoms with Gasteiger partial charge in [-0.15, -0.1) is 0 Å². The Morgan fingerprint density at radius 2 is 1.94 bits per heavy atom. The van der Waals surface area contributed by atoms with Crippen LogP contribution in [0.3, 0.4) is 0 Å². The van der Waals surface area contributed by atoms with Crippen molar-refractivity contribution in [3.8, 4) is 5.69 Å². The van der Waals surface area contributed by atoms with Gasteiger partial charge in [-0.25, -0.2) is 14.5 Å².